The van der Waals surface area contributed by atoms with Gasteiger partial charge in [-0.15, -0.1) is 0 Å². The maximum absolute atomic E-state index is 13.5. The Morgan fingerprint density at radius 2 is 1.60 bits per heavy atom. The van der Waals surface area contributed by atoms with Crippen molar-refractivity contribution in [3.63, 3.8) is 0 Å². The number of carboxylic acid groups (broad SMARTS) is 1. The number of fused-ring (bicyclic) bond motifs is 1. The van der Waals surface area contributed by atoms with E-state index in [1.165, 1.54) is 0 Å². The lowest BCUT2D eigenvalue weighted by Crippen LogP contribution is -2.34. The molecule has 1 amide bonds. The Morgan fingerprint density at radius 1 is 0.976 bits per heavy atom. The molecule has 15 heteroatoms. The topological polar surface area (TPSA) is 107 Å². The molecule has 42 heavy (non-hydrogen) atoms. The number of rotatable bonds is 6. The largest absolute Gasteiger partial charge is 0.490 e. The van der Waals surface area contributed by atoms with E-state index in [0.717, 1.165) is 48.5 Å². The van der Waals surface area contributed by atoms with Crippen LogP contribution in [0.25, 0.3) is 10.9 Å². The van der Waals surface area contributed by atoms with Gasteiger partial charge in [0.1, 0.15) is 11.6 Å². The van der Waals surface area contributed by atoms with Crippen molar-refractivity contribution in [1.29, 1.82) is 0 Å². The van der Waals surface area contributed by atoms with E-state index in [1.54, 1.807) is 0 Å². The van der Waals surface area contributed by atoms with Crippen LogP contribution in [0.3, 0.4) is 0 Å². The summed E-state index contributed by atoms with van der Waals surface area (Å²) in [5.74, 6) is -3.18. The first-order valence-electron chi connectivity index (χ1n) is 12.7. The van der Waals surface area contributed by atoms with Gasteiger partial charge in [0.2, 0.25) is 5.95 Å². The van der Waals surface area contributed by atoms with Crippen molar-refractivity contribution in [2.24, 2.45) is 5.92 Å². The lowest BCUT2D eigenvalue weighted by molar-refractivity contribution is -0.192. The van der Waals surface area contributed by atoms with Gasteiger partial charge >= 0.3 is 18.3 Å². The summed E-state index contributed by atoms with van der Waals surface area (Å²) in [5, 5.41) is 14.2. The highest BCUT2D eigenvalue weighted by molar-refractivity contribution is 5.94. The maximum atomic E-state index is 13.5. The smallest absolute Gasteiger partial charge is 0.475 e. The molecule has 1 saturated carbocycles. The Labute approximate surface area is 235 Å². The summed E-state index contributed by atoms with van der Waals surface area (Å²) in [4.78, 5) is 32.5. The van der Waals surface area contributed by atoms with Crippen molar-refractivity contribution in [2.75, 3.05) is 30.9 Å². The molecule has 0 aliphatic heterocycles. The number of alkyl halides is 6. The van der Waals surface area contributed by atoms with Crippen LogP contribution in [0.2, 0.25) is 0 Å². The maximum Gasteiger partial charge on any atom is 0.490 e. The summed E-state index contributed by atoms with van der Waals surface area (Å²) in [6, 6.07) is 10.3. The molecule has 4 rings (SSSR count). The number of aromatic nitrogens is 2. The molecule has 1 aromatic heterocycles. The Kier molecular flexibility index (Phi) is 10.2. The van der Waals surface area contributed by atoms with Crippen molar-refractivity contribution in [3.8, 4) is 0 Å². The first kappa shape index (κ1) is 32.3. The SMILES string of the molecule is CN(C)c1nc(NC2CCC(CNC(=O)c3ccc(F)c(C(F)(F)F)c3)CC2)nc2ccccc12.O=C(O)C(F)(F)F. The van der Waals surface area contributed by atoms with E-state index < -0.39 is 35.6 Å². The zero-order valence-corrected chi connectivity index (χ0v) is 22.5. The second kappa shape index (κ2) is 13.2. The van der Waals surface area contributed by atoms with E-state index in [2.05, 4.69) is 20.6 Å². The molecule has 3 N–H and O–H groups in total. The molecule has 8 nitrogen and oxygen atoms in total. The number of para-hydroxylation sites is 1. The molecule has 1 aliphatic rings. The van der Waals surface area contributed by atoms with Crippen LogP contribution in [0.1, 0.15) is 41.6 Å². The number of nitrogens with zero attached hydrogens (tertiary/aromatic N) is 3. The van der Waals surface area contributed by atoms with Crippen LogP contribution in [0.15, 0.2) is 42.5 Å². The molecule has 3 aromatic rings. The monoisotopic (exact) mass is 603 g/mol. The van der Waals surface area contributed by atoms with Gasteiger partial charge in [0, 0.05) is 37.6 Å². The van der Waals surface area contributed by atoms with Gasteiger partial charge in [-0.3, -0.25) is 4.79 Å². The van der Waals surface area contributed by atoms with Crippen molar-refractivity contribution in [3.05, 3.63) is 59.4 Å². The number of nitrogens with one attached hydrogen (secondary N) is 2. The fourth-order valence-electron chi connectivity index (χ4n) is 4.38. The van der Waals surface area contributed by atoms with Gasteiger partial charge in [0.25, 0.3) is 5.91 Å². The van der Waals surface area contributed by atoms with E-state index in [0.29, 0.717) is 24.6 Å². The number of halogens is 7. The summed E-state index contributed by atoms with van der Waals surface area (Å²) in [6.07, 6.45) is -6.56. The first-order chi connectivity index (χ1) is 19.6. The molecule has 0 unspecified atom stereocenters. The highest BCUT2D eigenvalue weighted by Crippen LogP contribution is 2.32. The predicted molar refractivity (Wildman–Crippen MR) is 141 cm³/mol. The number of carbonyl (C=O) groups is 2. The van der Waals surface area contributed by atoms with Crippen molar-refractivity contribution in [2.45, 2.75) is 44.1 Å². The van der Waals surface area contributed by atoms with Gasteiger partial charge in [0.05, 0.1) is 11.1 Å². The molecule has 0 saturated heterocycles. The molecule has 0 radical (unpaired) electrons. The minimum atomic E-state index is -5.08. The van der Waals surface area contributed by atoms with Gasteiger partial charge in [-0.25, -0.2) is 14.2 Å². The number of aliphatic carboxylic acids is 1. The Balaban J connectivity index is 0.000000616. The van der Waals surface area contributed by atoms with Crippen LogP contribution >= 0.6 is 0 Å². The van der Waals surface area contributed by atoms with Gasteiger partial charge in [0.15, 0.2) is 0 Å². The Bertz CT molecular complexity index is 1410. The highest BCUT2D eigenvalue weighted by Gasteiger charge is 2.38. The molecule has 228 valence electrons. The number of carbonyl (C=O) groups excluding carboxylic acids is 1. The number of carboxylic acids is 1. The third kappa shape index (κ3) is 8.66. The van der Waals surface area contributed by atoms with E-state index in [4.69, 9.17) is 9.90 Å². The van der Waals surface area contributed by atoms with Crippen molar-refractivity contribution < 1.29 is 45.4 Å². The van der Waals surface area contributed by atoms with Crippen LogP contribution < -0.4 is 15.5 Å². The summed E-state index contributed by atoms with van der Waals surface area (Å²) in [6.45, 7) is 0.349. The quantitative estimate of drug-likeness (QED) is 0.302. The minimum Gasteiger partial charge on any atom is -0.475 e. The van der Waals surface area contributed by atoms with Crippen LogP contribution in [-0.4, -0.2) is 59.8 Å². The molecule has 1 heterocycles. The summed E-state index contributed by atoms with van der Waals surface area (Å²) >= 11 is 0. The summed E-state index contributed by atoms with van der Waals surface area (Å²) < 4.78 is 83.9. The van der Waals surface area contributed by atoms with Gasteiger partial charge in [-0.05, 0) is 61.9 Å². The number of benzene rings is 2. The van der Waals surface area contributed by atoms with Gasteiger partial charge in [-0.2, -0.15) is 31.3 Å². The summed E-state index contributed by atoms with van der Waals surface area (Å²) in [7, 11) is 3.88. The second-order valence-corrected chi connectivity index (χ2v) is 9.85. The van der Waals surface area contributed by atoms with E-state index in [1.807, 2.05) is 43.3 Å². The van der Waals surface area contributed by atoms with Gasteiger partial charge < -0.3 is 20.6 Å². The second-order valence-electron chi connectivity index (χ2n) is 9.85. The molecule has 0 spiro atoms. The third-order valence-corrected chi connectivity index (χ3v) is 6.51. The molecule has 0 atom stereocenters. The van der Waals surface area contributed by atoms with Crippen molar-refractivity contribution >= 4 is 34.5 Å². The molecular weight excluding hydrogens is 575 g/mol. The number of amides is 1. The minimum absolute atomic E-state index is 0.185. The third-order valence-electron chi connectivity index (χ3n) is 6.51. The normalized spacial score (nSPS) is 17.2. The predicted octanol–water partition coefficient (Wildman–Crippen LogP) is 5.89. The van der Waals surface area contributed by atoms with Crippen LogP contribution in [0, 0.1) is 11.7 Å². The molecular formula is C27H28F7N5O3. The van der Waals surface area contributed by atoms with Crippen molar-refractivity contribution in [1.82, 2.24) is 15.3 Å². The lowest BCUT2D eigenvalue weighted by atomic mass is 9.86. The number of hydrogen-bond donors (Lipinski definition) is 3. The Hall–Kier alpha value is -4.17. The number of anilines is 2. The lowest BCUT2D eigenvalue weighted by Gasteiger charge is -2.29. The van der Waals surface area contributed by atoms with Gasteiger partial charge in [-0.1, -0.05) is 12.1 Å². The van der Waals surface area contributed by atoms with Crippen LogP contribution in [0.5, 0.6) is 0 Å². The molecule has 1 fully saturated rings. The molecule has 0 bridgehead atoms. The fraction of sp³-hybridized carbons (Fsp3) is 0.407. The van der Waals surface area contributed by atoms with E-state index in [9.17, 15) is 35.5 Å². The average Bonchev–Trinajstić information content (AvgIpc) is 2.91. The summed E-state index contributed by atoms with van der Waals surface area (Å²) in [5.41, 5.74) is -0.788. The highest BCUT2D eigenvalue weighted by atomic mass is 19.4. The fourth-order valence-corrected chi connectivity index (χ4v) is 4.38. The molecule has 1 aliphatic carbocycles. The number of hydrogen-bond acceptors (Lipinski definition) is 6. The average molecular weight is 604 g/mol. The van der Waals surface area contributed by atoms with Crippen LogP contribution in [0.4, 0.5) is 42.5 Å². The zero-order chi connectivity index (χ0) is 31.2. The Morgan fingerprint density at radius 3 is 2.17 bits per heavy atom. The molecule has 2 aromatic carbocycles. The first-order valence-corrected chi connectivity index (χ1v) is 12.7. The standard InChI is InChI=1S/C25H27F4N5O.C2HF3O2/c1-34(2)22-18-5-3-4-6-21(18)32-24(33-22)31-17-10-7-15(8-11-17)14-30-23(35)16-9-12-20(26)19(13-16)25(27,28)29;3-2(4,5)1(6)7/h3-6,9,12-13,15,17H,7-8,10-11,14H2,1-2H3,(H,30,35)(H,31,32,33);(H,6,7). The zero-order valence-electron chi connectivity index (χ0n) is 22.5. The van der Waals surface area contributed by atoms with Crippen LogP contribution in [-0.2, 0) is 11.0 Å². The van der Waals surface area contributed by atoms with E-state index >= 15 is 0 Å². The van der Waals surface area contributed by atoms with E-state index in [-0.39, 0.29) is 17.5 Å².